The van der Waals surface area contributed by atoms with Crippen molar-refractivity contribution >= 4 is 11.6 Å². The molecule has 2 rings (SSSR count). The van der Waals surface area contributed by atoms with Crippen molar-refractivity contribution in [3.8, 4) is 11.4 Å². The summed E-state index contributed by atoms with van der Waals surface area (Å²) in [6.45, 7) is 0.168. The van der Waals surface area contributed by atoms with Crippen LogP contribution in [-0.4, -0.2) is 14.8 Å². The van der Waals surface area contributed by atoms with Gasteiger partial charge in [0.1, 0.15) is 17.5 Å². The fourth-order valence-corrected chi connectivity index (χ4v) is 1.62. The molecule has 0 atom stereocenters. The van der Waals surface area contributed by atoms with Crippen molar-refractivity contribution in [2.75, 3.05) is 0 Å². The molecule has 0 aliphatic rings. The molecule has 0 saturated heterocycles. The van der Waals surface area contributed by atoms with Crippen LogP contribution in [0.5, 0.6) is 0 Å². The van der Waals surface area contributed by atoms with Crippen molar-refractivity contribution in [3.05, 3.63) is 34.6 Å². The van der Waals surface area contributed by atoms with Crippen LogP contribution in [0.2, 0.25) is 5.02 Å². The number of rotatable bonds is 2. The summed E-state index contributed by atoms with van der Waals surface area (Å²) < 4.78 is 28.4. The van der Waals surface area contributed by atoms with Gasteiger partial charge in [-0.25, -0.2) is 8.78 Å². The molecule has 0 aliphatic heterocycles. The van der Waals surface area contributed by atoms with Crippen LogP contribution >= 0.6 is 11.6 Å². The Balaban J connectivity index is 2.60. The molecule has 1 aromatic carbocycles. The zero-order valence-electron chi connectivity index (χ0n) is 8.91. The molecule has 0 bridgehead atoms. The highest BCUT2D eigenvalue weighted by molar-refractivity contribution is 6.30. The Morgan fingerprint density at radius 3 is 2.59 bits per heavy atom. The Morgan fingerprint density at radius 1 is 1.29 bits per heavy atom. The zero-order chi connectivity index (χ0) is 12.6. The molecule has 7 heteroatoms. The largest absolute Gasteiger partial charge is 0.324 e. The van der Waals surface area contributed by atoms with Crippen molar-refractivity contribution in [2.45, 2.75) is 6.54 Å². The van der Waals surface area contributed by atoms with Crippen LogP contribution in [0, 0.1) is 11.6 Å². The molecular formula is C10H9ClF2N4. The second kappa shape index (κ2) is 4.38. The second-order valence-corrected chi connectivity index (χ2v) is 3.86. The van der Waals surface area contributed by atoms with Gasteiger partial charge in [-0.2, -0.15) is 0 Å². The van der Waals surface area contributed by atoms with Crippen LogP contribution in [-0.2, 0) is 13.6 Å². The average molecular weight is 259 g/mol. The van der Waals surface area contributed by atoms with Crippen molar-refractivity contribution in [1.29, 1.82) is 0 Å². The van der Waals surface area contributed by atoms with E-state index in [1.807, 2.05) is 0 Å². The first-order valence-corrected chi connectivity index (χ1v) is 5.15. The molecule has 0 saturated carbocycles. The van der Waals surface area contributed by atoms with Gasteiger partial charge in [0.25, 0.3) is 0 Å². The maximum absolute atomic E-state index is 13.6. The molecule has 4 nitrogen and oxygen atoms in total. The van der Waals surface area contributed by atoms with Gasteiger partial charge in [-0.3, -0.25) is 0 Å². The lowest BCUT2D eigenvalue weighted by Crippen LogP contribution is -2.06. The van der Waals surface area contributed by atoms with E-state index in [4.69, 9.17) is 17.3 Å². The molecule has 2 aromatic rings. The van der Waals surface area contributed by atoms with Gasteiger partial charge >= 0.3 is 0 Å². The van der Waals surface area contributed by atoms with E-state index in [2.05, 4.69) is 10.2 Å². The summed E-state index contributed by atoms with van der Waals surface area (Å²) in [5, 5.41) is 7.27. The Hall–Kier alpha value is -1.53. The highest BCUT2D eigenvalue weighted by Gasteiger charge is 2.16. The Labute approximate surface area is 101 Å². The summed E-state index contributed by atoms with van der Waals surface area (Å²) in [6, 6.07) is 1.89. The van der Waals surface area contributed by atoms with Gasteiger partial charge in [0.2, 0.25) is 0 Å². The standard InChI is InChI=1S/C10H9ClF2N4/c1-17-9(4-14)15-16-10(17)5-2-8(13)6(11)3-7(5)12/h2-3H,4,14H2,1H3. The number of benzene rings is 1. The molecule has 0 radical (unpaired) electrons. The van der Waals surface area contributed by atoms with E-state index in [0.717, 1.165) is 12.1 Å². The van der Waals surface area contributed by atoms with Gasteiger partial charge in [0.05, 0.1) is 17.1 Å². The molecule has 0 amide bonds. The Kier molecular flexibility index (Phi) is 3.08. The highest BCUT2D eigenvalue weighted by atomic mass is 35.5. The van der Waals surface area contributed by atoms with E-state index in [9.17, 15) is 8.78 Å². The maximum atomic E-state index is 13.6. The van der Waals surface area contributed by atoms with Crippen LogP contribution in [0.1, 0.15) is 5.82 Å². The first kappa shape index (κ1) is 11.9. The number of halogens is 3. The normalized spacial score (nSPS) is 10.9. The Bertz CT molecular complexity index is 568. The predicted octanol–water partition coefficient (Wildman–Crippen LogP) is 1.87. The summed E-state index contributed by atoms with van der Waals surface area (Å²) in [4.78, 5) is 0. The zero-order valence-corrected chi connectivity index (χ0v) is 9.67. The van der Waals surface area contributed by atoms with E-state index in [1.54, 1.807) is 7.05 Å². The highest BCUT2D eigenvalue weighted by Crippen LogP contribution is 2.26. The number of hydrogen-bond acceptors (Lipinski definition) is 3. The van der Waals surface area contributed by atoms with E-state index in [-0.39, 0.29) is 23.0 Å². The number of nitrogens with zero attached hydrogens (tertiary/aromatic N) is 3. The summed E-state index contributed by atoms with van der Waals surface area (Å²) in [6.07, 6.45) is 0. The monoisotopic (exact) mass is 258 g/mol. The first-order chi connectivity index (χ1) is 8.04. The van der Waals surface area contributed by atoms with Crippen LogP contribution < -0.4 is 5.73 Å². The SMILES string of the molecule is Cn1c(CN)nnc1-c1cc(F)c(Cl)cc1F. The number of aromatic nitrogens is 3. The van der Waals surface area contributed by atoms with Gasteiger partial charge in [-0.1, -0.05) is 11.6 Å². The molecule has 0 unspecified atom stereocenters. The minimum Gasteiger partial charge on any atom is -0.324 e. The van der Waals surface area contributed by atoms with E-state index < -0.39 is 11.6 Å². The van der Waals surface area contributed by atoms with Gasteiger partial charge in [-0.05, 0) is 12.1 Å². The molecule has 1 heterocycles. The van der Waals surface area contributed by atoms with Crippen LogP contribution in [0.15, 0.2) is 12.1 Å². The van der Waals surface area contributed by atoms with Crippen molar-refractivity contribution in [1.82, 2.24) is 14.8 Å². The smallest absolute Gasteiger partial charge is 0.166 e. The maximum Gasteiger partial charge on any atom is 0.166 e. The third-order valence-corrected chi connectivity index (χ3v) is 2.69. The van der Waals surface area contributed by atoms with Crippen molar-refractivity contribution < 1.29 is 8.78 Å². The minimum atomic E-state index is -0.708. The second-order valence-electron chi connectivity index (χ2n) is 3.45. The molecule has 90 valence electrons. The number of hydrogen-bond donors (Lipinski definition) is 1. The predicted molar refractivity (Wildman–Crippen MR) is 59.3 cm³/mol. The van der Waals surface area contributed by atoms with Crippen LogP contribution in [0.4, 0.5) is 8.78 Å². The van der Waals surface area contributed by atoms with Crippen LogP contribution in [0.25, 0.3) is 11.4 Å². The fourth-order valence-electron chi connectivity index (χ4n) is 1.47. The van der Waals surface area contributed by atoms with Crippen LogP contribution in [0.3, 0.4) is 0 Å². The summed E-state index contributed by atoms with van der Waals surface area (Å²) in [5.41, 5.74) is 5.42. The van der Waals surface area contributed by atoms with Crippen molar-refractivity contribution in [2.24, 2.45) is 12.8 Å². The molecule has 1 aromatic heterocycles. The number of nitrogens with two attached hydrogens (primary N) is 1. The Morgan fingerprint density at radius 2 is 2.00 bits per heavy atom. The molecule has 17 heavy (non-hydrogen) atoms. The van der Waals surface area contributed by atoms with E-state index >= 15 is 0 Å². The lowest BCUT2D eigenvalue weighted by atomic mass is 10.2. The summed E-state index contributed by atoms with van der Waals surface area (Å²) >= 11 is 5.47. The topological polar surface area (TPSA) is 56.7 Å². The first-order valence-electron chi connectivity index (χ1n) is 4.78. The third-order valence-electron chi connectivity index (χ3n) is 2.40. The molecule has 2 N–H and O–H groups in total. The van der Waals surface area contributed by atoms with Gasteiger partial charge in [0, 0.05) is 7.05 Å². The average Bonchev–Trinajstić information content (AvgIpc) is 2.65. The summed E-state index contributed by atoms with van der Waals surface area (Å²) in [7, 11) is 1.63. The minimum absolute atomic E-state index is 0.00148. The summed E-state index contributed by atoms with van der Waals surface area (Å²) in [5.74, 6) is -0.677. The molecular weight excluding hydrogens is 250 g/mol. The lowest BCUT2D eigenvalue weighted by Gasteiger charge is -2.05. The van der Waals surface area contributed by atoms with E-state index in [1.165, 1.54) is 4.57 Å². The van der Waals surface area contributed by atoms with E-state index in [0.29, 0.717) is 5.82 Å². The molecule has 0 spiro atoms. The van der Waals surface area contributed by atoms with Gasteiger partial charge < -0.3 is 10.3 Å². The van der Waals surface area contributed by atoms with Crippen molar-refractivity contribution in [3.63, 3.8) is 0 Å². The quantitative estimate of drug-likeness (QED) is 0.837. The molecule has 0 aliphatic carbocycles. The van der Waals surface area contributed by atoms with Gasteiger partial charge in [0.15, 0.2) is 5.82 Å². The third kappa shape index (κ3) is 2.01. The fraction of sp³-hybridized carbons (Fsp3) is 0.200. The molecule has 0 fully saturated rings. The van der Waals surface area contributed by atoms with Gasteiger partial charge in [-0.15, -0.1) is 10.2 Å². The lowest BCUT2D eigenvalue weighted by molar-refractivity contribution is 0.601.